The van der Waals surface area contributed by atoms with Gasteiger partial charge < -0.3 is 14.7 Å². The Bertz CT molecular complexity index is 1220. The van der Waals surface area contributed by atoms with Gasteiger partial charge in [-0.1, -0.05) is 36.4 Å². The van der Waals surface area contributed by atoms with Gasteiger partial charge in [0.25, 0.3) is 5.91 Å². The zero-order valence-corrected chi connectivity index (χ0v) is 18.3. The predicted octanol–water partition coefficient (Wildman–Crippen LogP) is 3.42. The average molecular weight is 427 g/mol. The molecule has 32 heavy (non-hydrogen) atoms. The molecule has 7 nitrogen and oxygen atoms in total. The number of hydrogen-bond donors (Lipinski definition) is 0. The quantitative estimate of drug-likeness (QED) is 0.501. The minimum absolute atomic E-state index is 0.0169. The maximum absolute atomic E-state index is 13.7. The number of carbonyl (C=O) groups is 1. The fourth-order valence-electron chi connectivity index (χ4n) is 4.14. The van der Waals surface area contributed by atoms with Gasteiger partial charge in [-0.3, -0.25) is 9.20 Å². The van der Waals surface area contributed by atoms with Crippen molar-refractivity contribution in [2.45, 2.75) is 0 Å². The number of benzene rings is 1. The normalized spacial score (nSPS) is 14.1. The summed E-state index contributed by atoms with van der Waals surface area (Å²) in [5.74, 6) is 0.951. The standard InChI is InChI=1S/C25H26N6O/c1-28(2)21-12-11-20(18-26-21)29-14-16-30(17-15-29)25(32)24-23(19-8-4-3-5-9-19)27-22-10-6-7-13-31(22)24/h3-13,18H,14-17H2,1-2H3. The number of imidazole rings is 1. The van der Waals surface area contributed by atoms with Crippen LogP contribution in [0.25, 0.3) is 16.9 Å². The van der Waals surface area contributed by atoms with Gasteiger partial charge in [-0.05, 0) is 24.3 Å². The van der Waals surface area contributed by atoms with Crippen molar-refractivity contribution in [3.8, 4) is 11.3 Å². The van der Waals surface area contributed by atoms with Crippen LogP contribution in [0.3, 0.4) is 0 Å². The van der Waals surface area contributed by atoms with Crippen molar-refractivity contribution in [2.75, 3.05) is 50.1 Å². The second-order valence-electron chi connectivity index (χ2n) is 8.15. The molecule has 1 aliphatic heterocycles. The van der Waals surface area contributed by atoms with E-state index in [-0.39, 0.29) is 5.91 Å². The third-order valence-corrected chi connectivity index (χ3v) is 5.90. The number of carbonyl (C=O) groups excluding carboxylic acids is 1. The highest BCUT2D eigenvalue weighted by atomic mass is 16.2. The first kappa shape index (κ1) is 20.1. The third-order valence-electron chi connectivity index (χ3n) is 5.90. The van der Waals surface area contributed by atoms with Crippen LogP contribution in [0.1, 0.15) is 10.5 Å². The van der Waals surface area contributed by atoms with Crippen LogP contribution >= 0.6 is 0 Å². The first-order chi connectivity index (χ1) is 15.6. The summed E-state index contributed by atoms with van der Waals surface area (Å²) in [5.41, 5.74) is 4.16. The summed E-state index contributed by atoms with van der Waals surface area (Å²) in [6, 6.07) is 19.9. The van der Waals surface area contributed by atoms with Gasteiger partial charge in [0.05, 0.1) is 11.9 Å². The summed E-state index contributed by atoms with van der Waals surface area (Å²) in [6.07, 6.45) is 3.82. The number of nitrogens with zero attached hydrogens (tertiary/aromatic N) is 6. The Hall–Kier alpha value is -3.87. The fraction of sp³-hybridized carbons (Fsp3) is 0.240. The van der Waals surface area contributed by atoms with Gasteiger partial charge in [0.15, 0.2) is 0 Å². The molecule has 5 rings (SSSR count). The lowest BCUT2D eigenvalue weighted by Gasteiger charge is -2.36. The first-order valence-corrected chi connectivity index (χ1v) is 10.8. The molecule has 0 atom stereocenters. The van der Waals surface area contributed by atoms with Crippen LogP contribution in [0.4, 0.5) is 11.5 Å². The molecule has 0 N–H and O–H groups in total. The van der Waals surface area contributed by atoms with Crippen LogP contribution in [0.15, 0.2) is 73.1 Å². The van der Waals surface area contributed by atoms with E-state index in [9.17, 15) is 4.79 Å². The second-order valence-corrected chi connectivity index (χ2v) is 8.15. The maximum Gasteiger partial charge on any atom is 0.273 e. The van der Waals surface area contributed by atoms with E-state index in [2.05, 4.69) is 16.0 Å². The molecule has 162 valence electrons. The van der Waals surface area contributed by atoms with Gasteiger partial charge in [-0.15, -0.1) is 0 Å². The monoisotopic (exact) mass is 426 g/mol. The molecule has 3 aromatic heterocycles. The van der Waals surface area contributed by atoms with Crippen LogP contribution in [-0.4, -0.2) is 65.5 Å². The first-order valence-electron chi connectivity index (χ1n) is 10.8. The largest absolute Gasteiger partial charge is 0.367 e. The molecule has 1 aromatic carbocycles. The molecule has 0 aliphatic carbocycles. The highest BCUT2D eigenvalue weighted by Crippen LogP contribution is 2.26. The van der Waals surface area contributed by atoms with Gasteiger partial charge in [0.1, 0.15) is 22.9 Å². The zero-order valence-electron chi connectivity index (χ0n) is 18.3. The van der Waals surface area contributed by atoms with E-state index < -0.39 is 0 Å². The summed E-state index contributed by atoms with van der Waals surface area (Å²) in [4.78, 5) is 29.2. The molecule has 7 heteroatoms. The van der Waals surface area contributed by atoms with Crippen LogP contribution in [0.5, 0.6) is 0 Å². The number of rotatable bonds is 4. The number of anilines is 2. The minimum atomic E-state index is 0.0169. The van der Waals surface area contributed by atoms with Gasteiger partial charge in [0, 0.05) is 52.0 Å². The van der Waals surface area contributed by atoms with E-state index in [1.807, 2.05) is 95.3 Å². The number of fused-ring (bicyclic) bond motifs is 1. The topological polar surface area (TPSA) is 57.0 Å². The maximum atomic E-state index is 13.7. The number of aromatic nitrogens is 3. The molecule has 0 unspecified atom stereocenters. The van der Waals surface area contributed by atoms with E-state index in [4.69, 9.17) is 4.98 Å². The minimum Gasteiger partial charge on any atom is -0.367 e. The van der Waals surface area contributed by atoms with E-state index in [1.54, 1.807) is 0 Å². The Morgan fingerprint density at radius 2 is 1.66 bits per heavy atom. The predicted molar refractivity (Wildman–Crippen MR) is 127 cm³/mol. The molecule has 0 saturated carbocycles. The van der Waals surface area contributed by atoms with Crippen LogP contribution < -0.4 is 9.80 Å². The molecule has 0 bridgehead atoms. The van der Waals surface area contributed by atoms with E-state index in [0.29, 0.717) is 18.8 Å². The van der Waals surface area contributed by atoms with Gasteiger partial charge in [-0.25, -0.2) is 9.97 Å². The van der Waals surface area contributed by atoms with Crippen LogP contribution in [0.2, 0.25) is 0 Å². The summed E-state index contributed by atoms with van der Waals surface area (Å²) >= 11 is 0. The number of piperazine rings is 1. The lowest BCUT2D eigenvalue weighted by Crippen LogP contribution is -2.49. The molecule has 4 aromatic rings. The number of pyridine rings is 2. The Kier molecular flexibility index (Phi) is 5.23. The van der Waals surface area contributed by atoms with Crippen molar-refractivity contribution in [3.05, 3.63) is 78.8 Å². The van der Waals surface area contributed by atoms with Crippen molar-refractivity contribution in [2.24, 2.45) is 0 Å². The van der Waals surface area contributed by atoms with Crippen molar-refractivity contribution >= 4 is 23.1 Å². The fourth-order valence-corrected chi connectivity index (χ4v) is 4.14. The summed E-state index contributed by atoms with van der Waals surface area (Å²) in [6.45, 7) is 2.85. The number of amides is 1. The van der Waals surface area contributed by atoms with Crippen LogP contribution in [0, 0.1) is 0 Å². The lowest BCUT2D eigenvalue weighted by molar-refractivity contribution is 0.0740. The molecule has 1 aliphatic rings. The molecule has 1 amide bonds. The highest BCUT2D eigenvalue weighted by molar-refractivity contribution is 5.99. The SMILES string of the molecule is CN(C)c1ccc(N2CCN(C(=O)c3c(-c4ccccc4)nc4ccccn34)CC2)cn1. The zero-order chi connectivity index (χ0) is 22.1. The van der Waals surface area contributed by atoms with E-state index >= 15 is 0 Å². The Labute approximate surface area is 187 Å². The van der Waals surface area contributed by atoms with Crippen molar-refractivity contribution < 1.29 is 4.79 Å². The molecule has 0 spiro atoms. The Morgan fingerprint density at radius 1 is 0.906 bits per heavy atom. The van der Waals surface area contributed by atoms with E-state index in [1.165, 1.54) is 0 Å². The van der Waals surface area contributed by atoms with Crippen molar-refractivity contribution in [3.63, 3.8) is 0 Å². The Balaban J connectivity index is 1.39. The third kappa shape index (κ3) is 3.66. The summed E-state index contributed by atoms with van der Waals surface area (Å²) < 4.78 is 1.90. The molecule has 1 saturated heterocycles. The molecule has 0 radical (unpaired) electrons. The van der Waals surface area contributed by atoms with Gasteiger partial charge >= 0.3 is 0 Å². The van der Waals surface area contributed by atoms with Gasteiger partial charge in [-0.2, -0.15) is 0 Å². The average Bonchev–Trinajstić information content (AvgIpc) is 3.24. The smallest absolute Gasteiger partial charge is 0.273 e. The van der Waals surface area contributed by atoms with Gasteiger partial charge in [0.2, 0.25) is 0 Å². The summed E-state index contributed by atoms with van der Waals surface area (Å²) in [7, 11) is 3.96. The molecule has 1 fully saturated rings. The highest BCUT2D eigenvalue weighted by Gasteiger charge is 2.28. The molecular weight excluding hydrogens is 400 g/mol. The van der Waals surface area contributed by atoms with E-state index in [0.717, 1.165) is 41.5 Å². The number of hydrogen-bond acceptors (Lipinski definition) is 5. The molecule has 4 heterocycles. The van der Waals surface area contributed by atoms with Crippen molar-refractivity contribution in [1.82, 2.24) is 19.3 Å². The molecular formula is C25H26N6O. The van der Waals surface area contributed by atoms with Crippen molar-refractivity contribution in [1.29, 1.82) is 0 Å². The lowest BCUT2D eigenvalue weighted by atomic mass is 10.1. The Morgan fingerprint density at radius 3 is 2.34 bits per heavy atom. The summed E-state index contributed by atoms with van der Waals surface area (Å²) in [5, 5.41) is 0. The second kappa shape index (κ2) is 8.34. The van der Waals surface area contributed by atoms with Crippen LogP contribution in [-0.2, 0) is 0 Å².